The third-order valence-electron chi connectivity index (χ3n) is 3.90. The van der Waals surface area contributed by atoms with Gasteiger partial charge in [-0.2, -0.15) is 0 Å². The van der Waals surface area contributed by atoms with Gasteiger partial charge in [0.15, 0.2) is 0 Å². The van der Waals surface area contributed by atoms with Crippen LogP contribution in [0.25, 0.3) is 0 Å². The Morgan fingerprint density at radius 3 is 2.88 bits per heavy atom. The van der Waals surface area contributed by atoms with Gasteiger partial charge in [-0.25, -0.2) is 18.4 Å². The molecule has 7 nitrogen and oxygen atoms in total. The van der Waals surface area contributed by atoms with Gasteiger partial charge in [0.05, 0.1) is 21.7 Å². The van der Waals surface area contributed by atoms with Gasteiger partial charge in [-0.15, -0.1) is 0 Å². The summed E-state index contributed by atoms with van der Waals surface area (Å²) in [5.74, 6) is 0. The van der Waals surface area contributed by atoms with Gasteiger partial charge in [0.25, 0.3) is 0 Å². The Kier molecular flexibility index (Phi) is 6.45. The van der Waals surface area contributed by atoms with Crippen molar-refractivity contribution in [2.45, 2.75) is 36.7 Å². The third kappa shape index (κ3) is 5.34. The molecule has 2 amide bonds. The van der Waals surface area contributed by atoms with Gasteiger partial charge in [0, 0.05) is 20.2 Å². The number of nitrogens with two attached hydrogens (primary N) is 1. The molecule has 0 spiro atoms. The number of nitrogens with one attached hydrogen (secondary N) is 1. The second-order valence-electron chi connectivity index (χ2n) is 5.82. The van der Waals surface area contributed by atoms with E-state index >= 15 is 0 Å². The van der Waals surface area contributed by atoms with E-state index in [0.29, 0.717) is 12.6 Å². The number of carbonyl (C=O) groups is 1. The van der Waals surface area contributed by atoms with Crippen molar-refractivity contribution in [1.82, 2.24) is 4.90 Å². The summed E-state index contributed by atoms with van der Waals surface area (Å²) in [4.78, 5) is 13.6. The maximum absolute atomic E-state index is 12.2. The highest BCUT2D eigenvalue weighted by Gasteiger charge is 2.17. The summed E-state index contributed by atoms with van der Waals surface area (Å²) in [5, 5.41) is 7.93. The summed E-state index contributed by atoms with van der Waals surface area (Å²) in [5.41, 5.74) is 0.208. The molecular weight excluding hydrogens is 354 g/mol. The molecule has 0 aromatic heterocycles. The van der Waals surface area contributed by atoms with Crippen LogP contribution in [0.15, 0.2) is 23.1 Å². The van der Waals surface area contributed by atoms with Crippen LogP contribution in [0.1, 0.15) is 25.7 Å². The predicted molar refractivity (Wildman–Crippen MR) is 92.7 cm³/mol. The van der Waals surface area contributed by atoms with E-state index in [0.717, 1.165) is 32.3 Å². The van der Waals surface area contributed by atoms with Crippen LogP contribution < -0.4 is 10.5 Å². The standard InChI is InChI=1S/C15H22ClN3O4S/c1-19(8-2-4-11-5-3-9-23-11)15(20)18-14-10-12(24(17,21)22)6-7-13(14)16/h6-7,10-11H,2-5,8-9H2,1H3,(H,18,20)(H2,17,21,22)/t11-/m0/s1. The molecule has 3 N–H and O–H groups in total. The SMILES string of the molecule is CN(CCC[C@H]1CCCO1)C(=O)Nc1cc(S(N)(=O)=O)ccc1Cl. The summed E-state index contributed by atoms with van der Waals surface area (Å²) in [6, 6.07) is 3.55. The zero-order valence-electron chi connectivity index (χ0n) is 13.5. The second-order valence-corrected chi connectivity index (χ2v) is 7.78. The lowest BCUT2D eigenvalue weighted by molar-refractivity contribution is 0.101. The average Bonchev–Trinajstić information content (AvgIpc) is 3.01. The van der Waals surface area contributed by atoms with Crippen LogP contribution in [-0.2, 0) is 14.8 Å². The monoisotopic (exact) mass is 375 g/mol. The van der Waals surface area contributed by atoms with Crippen molar-refractivity contribution in [3.05, 3.63) is 23.2 Å². The Morgan fingerprint density at radius 1 is 1.50 bits per heavy atom. The fourth-order valence-corrected chi connectivity index (χ4v) is 3.22. The van der Waals surface area contributed by atoms with Crippen molar-refractivity contribution < 1.29 is 17.9 Å². The molecule has 0 aliphatic carbocycles. The highest BCUT2D eigenvalue weighted by Crippen LogP contribution is 2.25. The van der Waals surface area contributed by atoms with E-state index in [2.05, 4.69) is 5.32 Å². The summed E-state index contributed by atoms with van der Waals surface area (Å²) in [7, 11) is -2.19. The molecule has 1 aliphatic heterocycles. The maximum Gasteiger partial charge on any atom is 0.321 e. The zero-order chi connectivity index (χ0) is 17.7. The molecule has 0 unspecified atom stereocenters. The highest BCUT2D eigenvalue weighted by atomic mass is 35.5. The summed E-state index contributed by atoms with van der Waals surface area (Å²) >= 11 is 6.00. The fraction of sp³-hybridized carbons (Fsp3) is 0.533. The first kappa shape index (κ1) is 19.0. The van der Waals surface area contributed by atoms with Crippen molar-refractivity contribution in [2.75, 3.05) is 25.5 Å². The molecule has 1 aromatic rings. The molecule has 24 heavy (non-hydrogen) atoms. The number of sulfonamides is 1. The minimum Gasteiger partial charge on any atom is -0.378 e. The third-order valence-corrected chi connectivity index (χ3v) is 5.14. The molecule has 9 heteroatoms. The Morgan fingerprint density at radius 2 is 2.25 bits per heavy atom. The molecule has 1 heterocycles. The van der Waals surface area contributed by atoms with Crippen molar-refractivity contribution in [1.29, 1.82) is 0 Å². The van der Waals surface area contributed by atoms with Gasteiger partial charge in [0.2, 0.25) is 10.0 Å². The van der Waals surface area contributed by atoms with Crippen LogP contribution in [0.2, 0.25) is 5.02 Å². The van der Waals surface area contributed by atoms with E-state index in [4.69, 9.17) is 21.5 Å². The first-order valence-corrected chi connectivity index (χ1v) is 9.66. The van der Waals surface area contributed by atoms with Crippen LogP contribution in [0.3, 0.4) is 0 Å². The molecule has 1 aliphatic rings. The number of hydrogen-bond acceptors (Lipinski definition) is 4. The van der Waals surface area contributed by atoms with E-state index in [9.17, 15) is 13.2 Å². The molecule has 1 atom stereocenters. The number of amides is 2. The van der Waals surface area contributed by atoms with Crippen LogP contribution in [0.5, 0.6) is 0 Å². The topological polar surface area (TPSA) is 102 Å². The number of rotatable bonds is 6. The lowest BCUT2D eigenvalue weighted by atomic mass is 10.1. The molecule has 0 bridgehead atoms. The van der Waals surface area contributed by atoms with Gasteiger partial charge in [-0.05, 0) is 43.9 Å². The molecule has 134 valence electrons. The van der Waals surface area contributed by atoms with Crippen molar-refractivity contribution in [2.24, 2.45) is 5.14 Å². The van der Waals surface area contributed by atoms with Crippen LogP contribution >= 0.6 is 11.6 Å². The predicted octanol–water partition coefficient (Wildman–Crippen LogP) is 2.41. The molecule has 2 rings (SSSR count). The smallest absolute Gasteiger partial charge is 0.321 e. The number of hydrogen-bond donors (Lipinski definition) is 2. The molecule has 1 aromatic carbocycles. The number of carbonyl (C=O) groups excluding carboxylic acids is 1. The first-order valence-electron chi connectivity index (χ1n) is 7.73. The summed E-state index contributed by atoms with van der Waals surface area (Å²) in [6.45, 7) is 1.39. The average molecular weight is 376 g/mol. The van der Waals surface area contributed by atoms with Crippen molar-refractivity contribution in [3.8, 4) is 0 Å². The van der Waals surface area contributed by atoms with Gasteiger partial charge < -0.3 is 15.0 Å². The van der Waals surface area contributed by atoms with Gasteiger partial charge >= 0.3 is 6.03 Å². The minimum atomic E-state index is -3.86. The molecule has 0 saturated carbocycles. The van der Waals surface area contributed by atoms with E-state index in [1.807, 2.05) is 0 Å². The Labute approximate surface area is 147 Å². The summed E-state index contributed by atoms with van der Waals surface area (Å²) < 4.78 is 28.3. The normalized spacial score (nSPS) is 17.7. The largest absolute Gasteiger partial charge is 0.378 e. The molecule has 1 fully saturated rings. The highest BCUT2D eigenvalue weighted by molar-refractivity contribution is 7.89. The maximum atomic E-state index is 12.2. The van der Waals surface area contributed by atoms with Crippen LogP contribution in [0.4, 0.5) is 10.5 Å². The number of nitrogens with zero attached hydrogens (tertiary/aromatic N) is 1. The van der Waals surface area contributed by atoms with E-state index in [1.54, 1.807) is 7.05 Å². The Balaban J connectivity index is 1.90. The lowest BCUT2D eigenvalue weighted by Crippen LogP contribution is -2.32. The van der Waals surface area contributed by atoms with Crippen molar-refractivity contribution in [3.63, 3.8) is 0 Å². The molecule has 0 radical (unpaired) electrons. The lowest BCUT2D eigenvalue weighted by Gasteiger charge is -2.19. The Hall–Kier alpha value is -1.35. The number of benzene rings is 1. The van der Waals surface area contributed by atoms with E-state index in [-0.39, 0.29) is 21.6 Å². The van der Waals surface area contributed by atoms with Crippen LogP contribution in [-0.4, -0.2) is 45.7 Å². The van der Waals surface area contributed by atoms with Gasteiger partial charge in [-0.3, -0.25) is 0 Å². The first-order chi connectivity index (χ1) is 11.3. The Bertz CT molecular complexity index is 690. The van der Waals surface area contributed by atoms with Crippen LogP contribution in [0, 0.1) is 0 Å². The number of ether oxygens (including phenoxy) is 1. The number of primary sulfonamides is 1. The van der Waals surface area contributed by atoms with E-state index in [1.165, 1.54) is 23.1 Å². The molecule has 1 saturated heterocycles. The zero-order valence-corrected chi connectivity index (χ0v) is 15.1. The van der Waals surface area contributed by atoms with Crippen molar-refractivity contribution >= 4 is 33.3 Å². The van der Waals surface area contributed by atoms with Gasteiger partial charge in [0.1, 0.15) is 0 Å². The van der Waals surface area contributed by atoms with Gasteiger partial charge in [-0.1, -0.05) is 11.6 Å². The number of urea groups is 1. The number of halogens is 1. The second kappa shape index (κ2) is 8.15. The molecular formula is C15H22ClN3O4S. The quantitative estimate of drug-likeness (QED) is 0.796. The minimum absolute atomic E-state index is 0.108. The number of anilines is 1. The fourth-order valence-electron chi connectivity index (χ4n) is 2.52. The van der Waals surface area contributed by atoms with E-state index < -0.39 is 10.0 Å². The summed E-state index contributed by atoms with van der Waals surface area (Å²) in [6.07, 6.45) is 4.22.